The van der Waals surface area contributed by atoms with E-state index < -0.39 is 0 Å². The van der Waals surface area contributed by atoms with Crippen LogP contribution in [0, 0.1) is 12.8 Å². The van der Waals surface area contributed by atoms with E-state index in [2.05, 4.69) is 6.07 Å². The number of hydrogen-bond acceptors (Lipinski definition) is 2. The summed E-state index contributed by atoms with van der Waals surface area (Å²) in [7, 11) is 0. The van der Waals surface area contributed by atoms with Crippen molar-refractivity contribution in [3.05, 3.63) is 41.5 Å². The minimum atomic E-state index is 0.0413. The summed E-state index contributed by atoms with van der Waals surface area (Å²) >= 11 is 0. The molecule has 1 amide bonds. The molecule has 3 nitrogen and oxygen atoms in total. The molecule has 0 spiro atoms. The second kappa shape index (κ2) is 6.53. The van der Waals surface area contributed by atoms with E-state index in [1.807, 2.05) is 36.1 Å². The Bertz CT molecular complexity index is 468. The summed E-state index contributed by atoms with van der Waals surface area (Å²) in [4.78, 5) is 13.9. The van der Waals surface area contributed by atoms with E-state index in [4.69, 9.17) is 0 Å². The van der Waals surface area contributed by atoms with Crippen molar-refractivity contribution in [2.45, 2.75) is 19.8 Å². The zero-order chi connectivity index (χ0) is 13.7. The molecule has 2 rings (SSSR count). The van der Waals surface area contributed by atoms with Crippen LogP contribution in [0.2, 0.25) is 0 Å². The average molecular weight is 259 g/mol. The average Bonchev–Trinajstić information content (AvgIpc) is 2.45. The maximum atomic E-state index is 12.1. The van der Waals surface area contributed by atoms with Crippen molar-refractivity contribution < 1.29 is 9.90 Å². The molecule has 0 aromatic heterocycles. The topological polar surface area (TPSA) is 40.5 Å². The molecular weight excluding hydrogens is 238 g/mol. The summed E-state index contributed by atoms with van der Waals surface area (Å²) in [6.45, 7) is 3.68. The molecular formula is C16H21NO2. The lowest BCUT2D eigenvalue weighted by Gasteiger charge is -2.31. The van der Waals surface area contributed by atoms with Crippen molar-refractivity contribution in [3.63, 3.8) is 0 Å². The van der Waals surface area contributed by atoms with E-state index in [9.17, 15) is 9.90 Å². The molecule has 1 saturated heterocycles. The molecule has 3 heteroatoms. The first-order valence-electron chi connectivity index (χ1n) is 6.83. The van der Waals surface area contributed by atoms with Gasteiger partial charge >= 0.3 is 0 Å². The molecule has 19 heavy (non-hydrogen) atoms. The van der Waals surface area contributed by atoms with Gasteiger partial charge in [-0.3, -0.25) is 4.79 Å². The summed E-state index contributed by atoms with van der Waals surface area (Å²) in [5, 5.41) is 9.17. The molecule has 1 heterocycles. The largest absolute Gasteiger partial charge is 0.396 e. The summed E-state index contributed by atoms with van der Waals surface area (Å²) in [6.07, 6.45) is 5.49. The van der Waals surface area contributed by atoms with E-state index in [1.165, 1.54) is 5.56 Å². The molecule has 1 aliphatic rings. The van der Waals surface area contributed by atoms with Crippen LogP contribution in [-0.4, -0.2) is 35.6 Å². The smallest absolute Gasteiger partial charge is 0.246 e. The number of aryl methyl sites for hydroxylation is 1. The number of hydrogen-bond donors (Lipinski definition) is 1. The minimum absolute atomic E-state index is 0.0413. The van der Waals surface area contributed by atoms with Crippen LogP contribution in [-0.2, 0) is 4.79 Å². The van der Waals surface area contributed by atoms with Gasteiger partial charge in [0.25, 0.3) is 0 Å². The number of carbonyl (C=O) groups excluding carboxylic acids is 1. The number of benzene rings is 1. The number of rotatable bonds is 3. The Morgan fingerprint density at radius 1 is 1.53 bits per heavy atom. The van der Waals surface area contributed by atoms with Crippen molar-refractivity contribution in [1.82, 2.24) is 4.90 Å². The van der Waals surface area contributed by atoms with E-state index in [-0.39, 0.29) is 18.4 Å². The highest BCUT2D eigenvalue weighted by Crippen LogP contribution is 2.16. The Kier molecular flexibility index (Phi) is 4.74. The van der Waals surface area contributed by atoms with Gasteiger partial charge in [-0.25, -0.2) is 0 Å². The van der Waals surface area contributed by atoms with Gasteiger partial charge in [0.1, 0.15) is 0 Å². The van der Waals surface area contributed by atoms with Crippen LogP contribution >= 0.6 is 0 Å². The maximum absolute atomic E-state index is 12.1. The van der Waals surface area contributed by atoms with Crippen molar-refractivity contribution >= 4 is 12.0 Å². The molecule has 1 aliphatic heterocycles. The van der Waals surface area contributed by atoms with Gasteiger partial charge in [-0.2, -0.15) is 0 Å². The zero-order valence-electron chi connectivity index (χ0n) is 11.4. The molecule has 1 unspecified atom stereocenters. The van der Waals surface area contributed by atoms with Crippen molar-refractivity contribution in [1.29, 1.82) is 0 Å². The number of aliphatic hydroxyl groups excluding tert-OH is 1. The quantitative estimate of drug-likeness (QED) is 0.846. The lowest BCUT2D eigenvalue weighted by atomic mass is 9.99. The fourth-order valence-corrected chi connectivity index (χ4v) is 2.46. The molecule has 1 aromatic carbocycles. The second-order valence-electron chi connectivity index (χ2n) is 5.22. The van der Waals surface area contributed by atoms with Gasteiger partial charge in [0.05, 0.1) is 0 Å². The SMILES string of the molecule is Cc1cccc(/C=C/C(=O)N2CCCC(CO)C2)c1. The summed E-state index contributed by atoms with van der Waals surface area (Å²) < 4.78 is 0. The first kappa shape index (κ1) is 13.8. The Balaban J connectivity index is 1.96. The number of nitrogens with zero attached hydrogens (tertiary/aromatic N) is 1. The first-order chi connectivity index (χ1) is 9.19. The fourth-order valence-electron chi connectivity index (χ4n) is 2.46. The highest BCUT2D eigenvalue weighted by Gasteiger charge is 2.21. The molecule has 1 atom stereocenters. The van der Waals surface area contributed by atoms with Crippen LogP contribution in [0.15, 0.2) is 30.3 Å². The second-order valence-corrected chi connectivity index (χ2v) is 5.22. The predicted octanol–water partition coefficient (Wildman–Crippen LogP) is 2.24. The van der Waals surface area contributed by atoms with Crippen LogP contribution in [0.3, 0.4) is 0 Å². The van der Waals surface area contributed by atoms with E-state index >= 15 is 0 Å². The van der Waals surface area contributed by atoms with Gasteiger partial charge in [0, 0.05) is 25.8 Å². The molecule has 0 radical (unpaired) electrons. The van der Waals surface area contributed by atoms with Gasteiger partial charge < -0.3 is 10.0 Å². The Labute approximate surface area is 114 Å². The monoisotopic (exact) mass is 259 g/mol. The van der Waals surface area contributed by atoms with Crippen LogP contribution in [0.1, 0.15) is 24.0 Å². The molecule has 1 fully saturated rings. The van der Waals surface area contributed by atoms with Gasteiger partial charge in [-0.15, -0.1) is 0 Å². The van der Waals surface area contributed by atoms with Crippen molar-refractivity contribution in [2.24, 2.45) is 5.92 Å². The third-order valence-electron chi connectivity index (χ3n) is 3.55. The Morgan fingerprint density at radius 3 is 3.11 bits per heavy atom. The molecule has 0 saturated carbocycles. The first-order valence-corrected chi connectivity index (χ1v) is 6.83. The van der Waals surface area contributed by atoms with Crippen molar-refractivity contribution in [2.75, 3.05) is 19.7 Å². The van der Waals surface area contributed by atoms with Crippen LogP contribution in [0.4, 0.5) is 0 Å². The summed E-state index contributed by atoms with van der Waals surface area (Å²) in [6, 6.07) is 8.07. The Hall–Kier alpha value is -1.61. The number of amides is 1. The Morgan fingerprint density at radius 2 is 2.37 bits per heavy atom. The standard InChI is InChI=1S/C16H21NO2/c1-13-4-2-5-14(10-13)7-8-16(19)17-9-3-6-15(11-17)12-18/h2,4-5,7-8,10,15,18H,3,6,9,11-12H2,1H3/b8-7+. The minimum Gasteiger partial charge on any atom is -0.396 e. The lowest BCUT2D eigenvalue weighted by Crippen LogP contribution is -2.40. The number of likely N-dealkylation sites (tertiary alicyclic amines) is 1. The third kappa shape index (κ3) is 3.93. The number of piperidine rings is 1. The highest BCUT2D eigenvalue weighted by molar-refractivity contribution is 5.91. The van der Waals surface area contributed by atoms with E-state index in [0.29, 0.717) is 6.54 Å². The van der Waals surface area contributed by atoms with E-state index in [0.717, 1.165) is 24.9 Å². The molecule has 0 aliphatic carbocycles. The van der Waals surface area contributed by atoms with Gasteiger partial charge in [0.15, 0.2) is 0 Å². The fraction of sp³-hybridized carbons (Fsp3) is 0.438. The summed E-state index contributed by atoms with van der Waals surface area (Å²) in [5.74, 6) is 0.282. The molecule has 1 aromatic rings. The van der Waals surface area contributed by atoms with Gasteiger partial charge in [0.2, 0.25) is 5.91 Å². The van der Waals surface area contributed by atoms with Crippen molar-refractivity contribution in [3.8, 4) is 0 Å². The third-order valence-corrected chi connectivity index (χ3v) is 3.55. The van der Waals surface area contributed by atoms with Gasteiger partial charge in [-0.05, 0) is 37.3 Å². The molecule has 102 valence electrons. The van der Waals surface area contributed by atoms with Crippen LogP contribution in [0.5, 0.6) is 0 Å². The number of carbonyl (C=O) groups is 1. The number of aliphatic hydroxyl groups is 1. The highest BCUT2D eigenvalue weighted by atomic mass is 16.3. The van der Waals surface area contributed by atoms with Gasteiger partial charge in [-0.1, -0.05) is 29.8 Å². The molecule has 1 N–H and O–H groups in total. The lowest BCUT2D eigenvalue weighted by molar-refractivity contribution is -0.127. The van der Waals surface area contributed by atoms with Crippen LogP contribution in [0.25, 0.3) is 6.08 Å². The van der Waals surface area contributed by atoms with Crippen LogP contribution < -0.4 is 0 Å². The van der Waals surface area contributed by atoms with E-state index in [1.54, 1.807) is 6.08 Å². The normalized spacial score (nSPS) is 19.9. The molecule has 0 bridgehead atoms. The summed E-state index contributed by atoms with van der Waals surface area (Å²) in [5.41, 5.74) is 2.23. The predicted molar refractivity (Wildman–Crippen MR) is 76.6 cm³/mol. The maximum Gasteiger partial charge on any atom is 0.246 e. The zero-order valence-corrected chi connectivity index (χ0v) is 11.4.